The van der Waals surface area contributed by atoms with Crippen LogP contribution >= 0.6 is 12.2 Å². The average molecular weight is 343 g/mol. The predicted octanol–water partition coefficient (Wildman–Crippen LogP) is 2.65. The molecule has 0 saturated carbocycles. The van der Waals surface area contributed by atoms with Crippen molar-refractivity contribution in [2.45, 2.75) is 20.4 Å². The SMILES string of the molecule is Cc1cccc(NC(=S)N(CC[NH+](C)C)Cc2ccccc2)c1C. The molecule has 0 heterocycles. The first kappa shape index (κ1) is 18.4. The highest BCUT2D eigenvalue weighted by atomic mass is 32.1. The second-order valence-electron chi connectivity index (χ2n) is 6.54. The quantitative estimate of drug-likeness (QED) is 0.788. The zero-order chi connectivity index (χ0) is 17.5. The molecule has 0 amide bonds. The van der Waals surface area contributed by atoms with Gasteiger partial charge in [-0.05, 0) is 48.8 Å². The summed E-state index contributed by atoms with van der Waals surface area (Å²) in [6.45, 7) is 7.05. The van der Waals surface area contributed by atoms with Gasteiger partial charge in [0.05, 0.1) is 27.2 Å². The van der Waals surface area contributed by atoms with E-state index in [1.54, 1.807) is 0 Å². The van der Waals surface area contributed by atoms with Crippen LogP contribution < -0.4 is 10.2 Å². The van der Waals surface area contributed by atoms with Gasteiger partial charge in [-0.15, -0.1) is 0 Å². The lowest BCUT2D eigenvalue weighted by molar-refractivity contribution is -0.857. The van der Waals surface area contributed by atoms with Crippen LogP contribution in [-0.2, 0) is 6.54 Å². The first-order chi connectivity index (χ1) is 11.5. The molecular formula is C20H28N3S+. The number of thiocarbonyl (C=S) groups is 1. The Hall–Kier alpha value is -1.91. The van der Waals surface area contributed by atoms with Gasteiger partial charge in [-0.3, -0.25) is 0 Å². The van der Waals surface area contributed by atoms with E-state index in [0.717, 1.165) is 30.4 Å². The van der Waals surface area contributed by atoms with E-state index in [9.17, 15) is 0 Å². The maximum absolute atomic E-state index is 5.72. The topological polar surface area (TPSA) is 19.7 Å². The van der Waals surface area contributed by atoms with Gasteiger partial charge in [0.1, 0.15) is 0 Å². The number of nitrogens with one attached hydrogen (secondary N) is 2. The van der Waals surface area contributed by atoms with E-state index >= 15 is 0 Å². The number of quaternary nitrogens is 1. The van der Waals surface area contributed by atoms with Crippen molar-refractivity contribution in [3.63, 3.8) is 0 Å². The normalized spacial score (nSPS) is 10.7. The number of hydrogen-bond donors (Lipinski definition) is 2. The molecule has 0 aliphatic heterocycles. The second kappa shape index (κ2) is 8.81. The Balaban J connectivity index is 2.12. The Labute approximate surface area is 151 Å². The van der Waals surface area contributed by atoms with Crippen molar-refractivity contribution in [3.05, 3.63) is 65.2 Å². The predicted molar refractivity (Wildman–Crippen MR) is 107 cm³/mol. The zero-order valence-electron chi connectivity index (χ0n) is 15.1. The van der Waals surface area contributed by atoms with Crippen LogP contribution in [-0.4, -0.2) is 37.2 Å². The molecular weight excluding hydrogens is 314 g/mol. The van der Waals surface area contributed by atoms with Crippen molar-refractivity contribution in [2.75, 3.05) is 32.5 Å². The standard InChI is InChI=1S/C20H27N3S/c1-16-9-8-12-19(17(16)2)21-20(24)23(14-13-22(3)4)15-18-10-6-5-7-11-18/h5-12H,13-15H2,1-4H3,(H,21,24)/p+1. The molecule has 3 nitrogen and oxygen atoms in total. The van der Waals surface area contributed by atoms with Gasteiger partial charge in [0.25, 0.3) is 0 Å². The molecule has 2 aromatic rings. The molecule has 0 aromatic heterocycles. The minimum Gasteiger partial charge on any atom is -0.339 e. The van der Waals surface area contributed by atoms with Crippen molar-refractivity contribution in [2.24, 2.45) is 0 Å². The Morgan fingerprint density at radius 2 is 1.75 bits per heavy atom. The maximum atomic E-state index is 5.72. The van der Waals surface area contributed by atoms with Crippen molar-refractivity contribution in [3.8, 4) is 0 Å². The molecule has 4 heteroatoms. The summed E-state index contributed by atoms with van der Waals surface area (Å²) in [6, 6.07) is 16.8. The fourth-order valence-corrected chi connectivity index (χ4v) is 2.76. The highest BCUT2D eigenvalue weighted by Crippen LogP contribution is 2.19. The maximum Gasteiger partial charge on any atom is 0.173 e. The van der Waals surface area contributed by atoms with Crippen LogP contribution in [0.1, 0.15) is 16.7 Å². The number of nitrogens with zero attached hydrogens (tertiary/aromatic N) is 1. The van der Waals surface area contributed by atoms with Gasteiger partial charge >= 0.3 is 0 Å². The van der Waals surface area contributed by atoms with Gasteiger partial charge in [-0.1, -0.05) is 42.5 Å². The molecule has 0 unspecified atom stereocenters. The Bertz CT molecular complexity index is 668. The molecule has 0 radical (unpaired) electrons. The van der Waals surface area contributed by atoms with Crippen molar-refractivity contribution in [1.29, 1.82) is 0 Å². The minimum atomic E-state index is 0.786. The van der Waals surface area contributed by atoms with Gasteiger partial charge in [0, 0.05) is 12.2 Å². The van der Waals surface area contributed by atoms with Crippen LogP contribution in [0.3, 0.4) is 0 Å². The lowest BCUT2D eigenvalue weighted by Crippen LogP contribution is -3.06. The first-order valence-corrected chi connectivity index (χ1v) is 8.83. The molecule has 0 atom stereocenters. The van der Waals surface area contributed by atoms with Gasteiger partial charge in [-0.2, -0.15) is 0 Å². The number of likely N-dealkylation sites (N-methyl/N-ethyl adjacent to an activating group) is 1. The van der Waals surface area contributed by atoms with Crippen LogP contribution in [0.4, 0.5) is 5.69 Å². The van der Waals surface area contributed by atoms with E-state index in [1.165, 1.54) is 21.6 Å². The highest BCUT2D eigenvalue weighted by molar-refractivity contribution is 7.80. The fraction of sp³-hybridized carbons (Fsp3) is 0.350. The third-order valence-corrected chi connectivity index (χ3v) is 4.59. The van der Waals surface area contributed by atoms with E-state index < -0.39 is 0 Å². The molecule has 2 N–H and O–H groups in total. The van der Waals surface area contributed by atoms with E-state index in [2.05, 4.69) is 80.6 Å². The molecule has 0 aliphatic rings. The molecule has 0 bridgehead atoms. The molecule has 2 aromatic carbocycles. The lowest BCUT2D eigenvalue weighted by atomic mass is 10.1. The zero-order valence-corrected chi connectivity index (χ0v) is 15.9. The summed E-state index contributed by atoms with van der Waals surface area (Å²) < 4.78 is 0. The summed E-state index contributed by atoms with van der Waals surface area (Å²) in [5.41, 5.74) is 4.89. The van der Waals surface area contributed by atoms with Crippen molar-refractivity contribution in [1.82, 2.24) is 4.90 Å². The Morgan fingerprint density at radius 1 is 1.04 bits per heavy atom. The van der Waals surface area contributed by atoms with E-state index in [4.69, 9.17) is 12.2 Å². The molecule has 0 aliphatic carbocycles. The Kier molecular flexibility index (Phi) is 6.76. The summed E-state index contributed by atoms with van der Waals surface area (Å²) in [5.74, 6) is 0. The van der Waals surface area contributed by atoms with Crippen LogP contribution in [0.15, 0.2) is 48.5 Å². The fourth-order valence-electron chi connectivity index (χ4n) is 2.50. The molecule has 0 saturated heterocycles. The number of hydrogen-bond acceptors (Lipinski definition) is 1. The second-order valence-corrected chi connectivity index (χ2v) is 6.93. The molecule has 24 heavy (non-hydrogen) atoms. The van der Waals surface area contributed by atoms with E-state index in [-0.39, 0.29) is 0 Å². The minimum absolute atomic E-state index is 0.786. The van der Waals surface area contributed by atoms with E-state index in [0.29, 0.717) is 0 Å². The molecule has 128 valence electrons. The van der Waals surface area contributed by atoms with Crippen LogP contribution in [0.25, 0.3) is 0 Å². The number of benzene rings is 2. The van der Waals surface area contributed by atoms with Gasteiger partial charge in [0.2, 0.25) is 0 Å². The van der Waals surface area contributed by atoms with Gasteiger partial charge < -0.3 is 15.1 Å². The molecule has 0 fully saturated rings. The summed E-state index contributed by atoms with van der Waals surface area (Å²) in [6.07, 6.45) is 0. The summed E-state index contributed by atoms with van der Waals surface area (Å²) >= 11 is 5.72. The van der Waals surface area contributed by atoms with Gasteiger partial charge in [-0.25, -0.2) is 0 Å². The van der Waals surface area contributed by atoms with Crippen LogP contribution in [0, 0.1) is 13.8 Å². The highest BCUT2D eigenvalue weighted by Gasteiger charge is 2.13. The van der Waals surface area contributed by atoms with Crippen LogP contribution in [0.2, 0.25) is 0 Å². The third kappa shape index (κ3) is 5.32. The van der Waals surface area contributed by atoms with Crippen molar-refractivity contribution >= 4 is 23.0 Å². The third-order valence-electron chi connectivity index (χ3n) is 4.23. The Morgan fingerprint density at radius 3 is 2.42 bits per heavy atom. The molecule has 0 spiro atoms. The van der Waals surface area contributed by atoms with Crippen molar-refractivity contribution < 1.29 is 4.90 Å². The number of aryl methyl sites for hydroxylation is 1. The average Bonchev–Trinajstić information content (AvgIpc) is 2.56. The van der Waals surface area contributed by atoms with Gasteiger partial charge in [0.15, 0.2) is 5.11 Å². The lowest BCUT2D eigenvalue weighted by Gasteiger charge is -2.27. The number of anilines is 1. The number of rotatable bonds is 6. The molecule has 2 rings (SSSR count). The van der Waals surface area contributed by atoms with E-state index in [1.807, 2.05) is 6.07 Å². The summed E-state index contributed by atoms with van der Waals surface area (Å²) in [7, 11) is 4.34. The smallest absolute Gasteiger partial charge is 0.173 e. The van der Waals surface area contributed by atoms with Crippen LogP contribution in [0.5, 0.6) is 0 Å². The first-order valence-electron chi connectivity index (χ1n) is 8.42. The summed E-state index contributed by atoms with van der Waals surface area (Å²) in [4.78, 5) is 3.67. The largest absolute Gasteiger partial charge is 0.339 e. The monoisotopic (exact) mass is 342 g/mol. The summed E-state index contributed by atoms with van der Waals surface area (Å²) in [5, 5.41) is 4.23.